The van der Waals surface area contributed by atoms with Gasteiger partial charge in [0.15, 0.2) is 0 Å². The Balaban J connectivity index is 1.21. The molecular weight excluding hydrogens is 803 g/mol. The number of rotatable bonds is 26. The Morgan fingerprint density at radius 3 is 1.95 bits per heavy atom. The molecule has 5 N–H and O–H groups in total. The molecule has 0 saturated carbocycles. The van der Waals surface area contributed by atoms with Crippen LogP contribution in [0.25, 0.3) is 0 Å². The second kappa shape index (κ2) is 24.8. The lowest BCUT2D eigenvalue weighted by Gasteiger charge is -2.38. The van der Waals surface area contributed by atoms with Gasteiger partial charge in [-0.1, -0.05) is 36.6 Å². The van der Waals surface area contributed by atoms with Crippen LogP contribution in [0.5, 0.6) is 0 Å². The molecule has 3 aromatic heterocycles. The van der Waals surface area contributed by atoms with E-state index in [2.05, 4.69) is 56.3 Å². The second-order valence-electron chi connectivity index (χ2n) is 15.4. The van der Waals surface area contributed by atoms with Gasteiger partial charge in [0.05, 0.1) is 57.4 Å². The summed E-state index contributed by atoms with van der Waals surface area (Å²) in [4.78, 5) is 60.9. The van der Waals surface area contributed by atoms with Gasteiger partial charge in [-0.2, -0.15) is 15.0 Å². The molecular formula is C40H64N15O7+. The maximum atomic E-state index is 14.1. The summed E-state index contributed by atoms with van der Waals surface area (Å²) >= 11 is 0. The van der Waals surface area contributed by atoms with E-state index in [0.29, 0.717) is 115 Å². The number of terminal acetylenes is 1. The highest BCUT2D eigenvalue weighted by molar-refractivity contribution is 5.81. The normalized spacial score (nSPS) is 15.9. The summed E-state index contributed by atoms with van der Waals surface area (Å²) in [7, 11) is 0. The first-order valence-corrected chi connectivity index (χ1v) is 21.7. The molecule has 2 amide bonds. The Hall–Kier alpha value is -5.50. The number of aromatic nitrogens is 9. The molecule has 0 spiro atoms. The third-order valence-corrected chi connectivity index (χ3v) is 10.9. The zero-order valence-corrected chi connectivity index (χ0v) is 36.4. The van der Waals surface area contributed by atoms with Crippen LogP contribution in [-0.2, 0) is 41.4 Å². The molecule has 0 bridgehead atoms. The van der Waals surface area contributed by atoms with Gasteiger partial charge in [0, 0.05) is 77.7 Å². The lowest BCUT2D eigenvalue weighted by Crippen LogP contribution is -2.52. The topological polar surface area (TPSA) is 252 Å². The third kappa shape index (κ3) is 14.0. The van der Waals surface area contributed by atoms with E-state index in [1.807, 2.05) is 16.0 Å². The molecule has 0 radical (unpaired) electrons. The first kappa shape index (κ1) is 47.5. The number of carbonyl (C=O) groups excluding carboxylic acids is 2. The number of quaternary nitrogens is 1. The van der Waals surface area contributed by atoms with Crippen molar-refractivity contribution < 1.29 is 39.4 Å². The van der Waals surface area contributed by atoms with Crippen LogP contribution < -0.4 is 20.9 Å². The SMILES string of the molecule is C#CCOCCOCCOCCNc1nc(N2CCN(C(=O)[C@H]([C@@H](C)CC)n3cc(CCCC[NH3+])nn3)CC2)nc(N2CCN(C(=O)[C@H](C)n3cc(CCC(=O)O)nn3)CC2)n1. The minimum atomic E-state index is -0.921. The van der Waals surface area contributed by atoms with Gasteiger partial charge < -0.3 is 50.0 Å². The molecule has 0 aromatic carbocycles. The number of amides is 2. The van der Waals surface area contributed by atoms with E-state index in [4.69, 9.17) is 40.7 Å². The van der Waals surface area contributed by atoms with Crippen molar-refractivity contribution in [2.24, 2.45) is 5.92 Å². The minimum Gasteiger partial charge on any atom is -0.481 e. The highest BCUT2D eigenvalue weighted by Gasteiger charge is 2.34. The predicted octanol–water partition coefficient (Wildman–Crippen LogP) is -0.423. The van der Waals surface area contributed by atoms with Crippen LogP contribution in [-0.4, -0.2) is 183 Å². The average Bonchev–Trinajstić information content (AvgIpc) is 3.97. The number of carbonyl (C=O) groups is 3. The van der Waals surface area contributed by atoms with Crippen LogP contribution >= 0.6 is 0 Å². The van der Waals surface area contributed by atoms with Crippen molar-refractivity contribution in [2.75, 3.05) is 120 Å². The van der Waals surface area contributed by atoms with Gasteiger partial charge in [-0.25, -0.2) is 9.36 Å². The van der Waals surface area contributed by atoms with Crippen LogP contribution in [0.4, 0.5) is 17.8 Å². The fourth-order valence-corrected chi connectivity index (χ4v) is 7.08. The smallest absolute Gasteiger partial charge is 0.303 e. The van der Waals surface area contributed by atoms with E-state index in [9.17, 15) is 14.4 Å². The van der Waals surface area contributed by atoms with Gasteiger partial charge >= 0.3 is 5.97 Å². The number of hydrogen-bond acceptors (Lipinski definition) is 16. The largest absolute Gasteiger partial charge is 0.481 e. The van der Waals surface area contributed by atoms with Gasteiger partial charge in [0.1, 0.15) is 18.7 Å². The molecule has 2 fully saturated rings. The lowest BCUT2D eigenvalue weighted by molar-refractivity contribution is -0.368. The van der Waals surface area contributed by atoms with Gasteiger partial charge in [-0.3, -0.25) is 14.4 Å². The summed E-state index contributed by atoms with van der Waals surface area (Å²) in [5.41, 5.74) is 5.33. The number of carboxylic acid groups (broad SMARTS) is 1. The summed E-state index contributed by atoms with van der Waals surface area (Å²) in [6.45, 7) is 13.4. The van der Waals surface area contributed by atoms with Crippen LogP contribution in [0, 0.1) is 18.3 Å². The summed E-state index contributed by atoms with van der Waals surface area (Å²) in [6.07, 6.45) is 12.5. The Bertz CT molecular complexity index is 1890. The van der Waals surface area contributed by atoms with Gasteiger partial charge in [-0.15, -0.1) is 16.6 Å². The number of nitrogens with one attached hydrogen (secondary N) is 1. The molecule has 22 heteroatoms. The molecule has 2 aliphatic heterocycles. The first-order chi connectivity index (χ1) is 30.1. The van der Waals surface area contributed by atoms with E-state index in [-0.39, 0.29) is 37.2 Å². The summed E-state index contributed by atoms with van der Waals surface area (Å²) in [5, 5.41) is 29.2. The van der Waals surface area contributed by atoms with Gasteiger partial charge in [-0.05, 0) is 32.1 Å². The second-order valence-corrected chi connectivity index (χ2v) is 15.4. The lowest BCUT2D eigenvalue weighted by atomic mass is 9.97. The highest BCUT2D eigenvalue weighted by atomic mass is 16.5. The number of hydrogen-bond donors (Lipinski definition) is 3. The Kier molecular flexibility index (Phi) is 19.0. The Labute approximate surface area is 362 Å². The molecule has 22 nitrogen and oxygen atoms in total. The maximum absolute atomic E-state index is 14.1. The van der Waals surface area contributed by atoms with Gasteiger partial charge in [0.2, 0.25) is 29.7 Å². The molecule has 340 valence electrons. The molecule has 0 aliphatic carbocycles. The van der Waals surface area contributed by atoms with Crippen molar-refractivity contribution in [2.45, 2.75) is 71.4 Å². The van der Waals surface area contributed by atoms with Crippen molar-refractivity contribution in [3.8, 4) is 12.3 Å². The summed E-state index contributed by atoms with van der Waals surface area (Å²) in [6, 6.07) is -1.06. The average molecular weight is 867 g/mol. The molecule has 3 aromatic rings. The molecule has 2 saturated heterocycles. The number of nitrogens with zero attached hydrogens (tertiary/aromatic N) is 13. The monoisotopic (exact) mass is 867 g/mol. The number of piperazine rings is 2. The van der Waals surface area contributed by atoms with Crippen LogP contribution in [0.2, 0.25) is 0 Å². The van der Waals surface area contributed by atoms with Crippen molar-refractivity contribution in [3.05, 3.63) is 23.8 Å². The number of unbranched alkanes of at least 4 members (excludes halogenated alkanes) is 1. The minimum absolute atomic E-state index is 0.0266. The number of aliphatic carboxylic acids is 1. The van der Waals surface area contributed by atoms with Crippen molar-refractivity contribution in [1.29, 1.82) is 0 Å². The van der Waals surface area contributed by atoms with Crippen LogP contribution in [0.3, 0.4) is 0 Å². The van der Waals surface area contributed by atoms with Crippen molar-refractivity contribution in [3.63, 3.8) is 0 Å². The predicted molar refractivity (Wildman–Crippen MR) is 227 cm³/mol. The fraction of sp³-hybridized carbons (Fsp3) is 0.700. The van der Waals surface area contributed by atoms with Crippen molar-refractivity contribution in [1.82, 2.24) is 54.7 Å². The Morgan fingerprint density at radius 2 is 1.35 bits per heavy atom. The van der Waals surface area contributed by atoms with Crippen LogP contribution in [0.15, 0.2) is 12.4 Å². The number of carboxylic acids is 1. The van der Waals surface area contributed by atoms with Crippen molar-refractivity contribution >= 4 is 35.6 Å². The van der Waals surface area contributed by atoms with Crippen LogP contribution in [0.1, 0.15) is 69.9 Å². The Morgan fingerprint density at radius 1 is 0.790 bits per heavy atom. The summed E-state index contributed by atoms with van der Waals surface area (Å²) in [5.74, 6) is 2.83. The number of anilines is 3. The van der Waals surface area contributed by atoms with E-state index in [1.54, 1.807) is 22.7 Å². The van der Waals surface area contributed by atoms with E-state index < -0.39 is 18.1 Å². The van der Waals surface area contributed by atoms with E-state index >= 15 is 0 Å². The zero-order chi connectivity index (χ0) is 44.3. The van der Waals surface area contributed by atoms with E-state index in [0.717, 1.165) is 37.9 Å². The molecule has 0 unspecified atom stereocenters. The third-order valence-electron chi connectivity index (χ3n) is 10.9. The van der Waals surface area contributed by atoms with Gasteiger partial charge in [0.25, 0.3) is 0 Å². The molecule has 3 atom stereocenters. The first-order valence-electron chi connectivity index (χ1n) is 21.7. The zero-order valence-electron chi connectivity index (χ0n) is 36.4. The highest BCUT2D eigenvalue weighted by Crippen LogP contribution is 2.26. The molecule has 2 aliphatic rings. The molecule has 62 heavy (non-hydrogen) atoms. The number of aryl methyl sites for hydroxylation is 2. The number of ether oxygens (including phenoxy) is 3. The standard InChI is InChI=1S/C40H63N15O7/c1-5-22-60-24-26-62-27-25-61-23-13-42-38-43-39(52-18-14-50(15-19-52)36(58)31(4)54-28-33(47-48-54)10-11-34(56)57)45-40(44-38)53-20-16-51(17-21-53)37(59)35(30(3)6-2)55-29-32(46-49-55)9-7-8-12-41/h1,28-31,35H,6-27,41H2,2-4H3,(H,56,57)(H,42,43,44,45)/p+1/t30-,31-,35-/m0/s1. The van der Waals surface area contributed by atoms with E-state index in [1.165, 1.54) is 4.68 Å². The molecule has 5 rings (SSSR count). The summed E-state index contributed by atoms with van der Waals surface area (Å²) < 4.78 is 19.7. The molecule has 5 heterocycles. The quantitative estimate of drug-likeness (QED) is 0.0684. The maximum Gasteiger partial charge on any atom is 0.303 e. The fourth-order valence-electron chi connectivity index (χ4n) is 7.08.